The van der Waals surface area contributed by atoms with Crippen molar-refractivity contribution in [3.8, 4) is 0 Å². The van der Waals surface area contributed by atoms with Crippen LogP contribution in [0.2, 0.25) is 0 Å². The lowest BCUT2D eigenvalue weighted by molar-refractivity contribution is -0.144. The second-order valence-corrected chi connectivity index (χ2v) is 4.80. The van der Waals surface area contributed by atoms with Gasteiger partial charge in [0.1, 0.15) is 0 Å². The van der Waals surface area contributed by atoms with E-state index in [0.717, 1.165) is 12.3 Å². The second kappa shape index (κ2) is 1.86. The molecule has 4 bridgehead atoms. The summed E-state index contributed by atoms with van der Waals surface area (Å²) in [5.41, 5.74) is -0.221. The van der Waals surface area contributed by atoms with E-state index in [-0.39, 0.29) is 5.41 Å². The van der Waals surface area contributed by atoms with E-state index in [1.807, 2.05) is 0 Å². The van der Waals surface area contributed by atoms with Crippen molar-refractivity contribution in [3.05, 3.63) is 0 Å². The molecule has 0 aliphatic heterocycles. The fourth-order valence-electron chi connectivity index (χ4n) is 3.91. The molecule has 0 aromatic rings. The van der Waals surface area contributed by atoms with Gasteiger partial charge in [-0.05, 0) is 37.0 Å². The van der Waals surface area contributed by atoms with Crippen LogP contribution in [0.25, 0.3) is 0 Å². The SMILES string of the molecule is O=C(O)C12CC3CCCC1C2C3. The van der Waals surface area contributed by atoms with E-state index >= 15 is 0 Å². The normalized spacial score (nSPS) is 54.8. The summed E-state index contributed by atoms with van der Waals surface area (Å²) in [4.78, 5) is 11.1. The van der Waals surface area contributed by atoms with E-state index in [2.05, 4.69) is 0 Å². The van der Waals surface area contributed by atoms with Crippen LogP contribution in [0.3, 0.4) is 0 Å². The third-order valence-corrected chi connectivity index (χ3v) is 4.44. The van der Waals surface area contributed by atoms with Gasteiger partial charge in [-0.2, -0.15) is 0 Å². The molecule has 4 aliphatic rings. The third kappa shape index (κ3) is 0.572. The molecule has 4 fully saturated rings. The average molecular weight is 166 g/mol. The molecule has 4 aliphatic carbocycles. The molecule has 4 saturated carbocycles. The summed E-state index contributed by atoms with van der Waals surface area (Å²) in [6.07, 6.45) is 5.98. The summed E-state index contributed by atoms with van der Waals surface area (Å²) in [6, 6.07) is 0. The Kier molecular flexibility index (Phi) is 1.07. The Balaban J connectivity index is 1.97. The van der Waals surface area contributed by atoms with Crippen LogP contribution in [-0.4, -0.2) is 11.1 Å². The number of carboxylic acid groups (broad SMARTS) is 1. The highest BCUT2D eigenvalue weighted by molar-refractivity contribution is 5.80. The molecule has 0 saturated heterocycles. The molecule has 1 N–H and O–H groups in total. The highest BCUT2D eigenvalue weighted by Crippen LogP contribution is 2.73. The molecule has 0 amide bonds. The number of fused-ring (bicyclic) bond motifs is 2. The second-order valence-electron chi connectivity index (χ2n) is 4.80. The molecule has 0 heterocycles. The molecule has 0 spiro atoms. The monoisotopic (exact) mass is 166 g/mol. The van der Waals surface area contributed by atoms with Crippen LogP contribution in [0.1, 0.15) is 32.1 Å². The predicted molar refractivity (Wildman–Crippen MR) is 43.6 cm³/mol. The lowest BCUT2D eigenvalue weighted by atomic mass is 9.95. The Labute approximate surface area is 72.0 Å². The maximum absolute atomic E-state index is 11.1. The number of aliphatic carboxylic acids is 1. The van der Waals surface area contributed by atoms with Crippen LogP contribution in [0.5, 0.6) is 0 Å². The molecule has 0 aromatic heterocycles. The van der Waals surface area contributed by atoms with Crippen LogP contribution >= 0.6 is 0 Å². The van der Waals surface area contributed by atoms with Gasteiger partial charge in [-0.25, -0.2) is 0 Å². The molecule has 4 unspecified atom stereocenters. The summed E-state index contributed by atoms with van der Waals surface area (Å²) in [5, 5.41) is 9.16. The van der Waals surface area contributed by atoms with Crippen LogP contribution in [0.15, 0.2) is 0 Å². The maximum Gasteiger partial charge on any atom is 0.310 e. The molecule has 0 aromatic carbocycles. The lowest BCUT2D eigenvalue weighted by Gasteiger charge is -2.10. The van der Waals surface area contributed by atoms with Gasteiger partial charge < -0.3 is 5.11 Å². The highest BCUT2D eigenvalue weighted by atomic mass is 16.4. The Bertz CT molecular complexity index is 242. The standard InChI is InChI=1S/C10H14O2/c11-9(12)10-5-6-2-1-3-7(10)8(10)4-6/h6-8H,1-5H2,(H,11,12). The molecular weight excluding hydrogens is 152 g/mol. The van der Waals surface area contributed by atoms with Crippen molar-refractivity contribution in [1.82, 2.24) is 0 Å². The first-order chi connectivity index (χ1) is 5.75. The Morgan fingerprint density at radius 1 is 1.33 bits per heavy atom. The van der Waals surface area contributed by atoms with Gasteiger partial charge in [0.15, 0.2) is 0 Å². The number of carboxylic acids is 1. The minimum absolute atomic E-state index is 0.221. The van der Waals surface area contributed by atoms with Gasteiger partial charge in [0, 0.05) is 0 Å². The molecular formula is C10H14O2. The van der Waals surface area contributed by atoms with Crippen LogP contribution in [0, 0.1) is 23.2 Å². The van der Waals surface area contributed by atoms with E-state index in [4.69, 9.17) is 5.11 Å². The summed E-state index contributed by atoms with van der Waals surface area (Å²) < 4.78 is 0. The Morgan fingerprint density at radius 2 is 2.17 bits per heavy atom. The van der Waals surface area contributed by atoms with Crippen molar-refractivity contribution in [3.63, 3.8) is 0 Å². The predicted octanol–water partition coefficient (Wildman–Crippen LogP) is 1.90. The Morgan fingerprint density at radius 3 is 2.83 bits per heavy atom. The zero-order valence-electron chi connectivity index (χ0n) is 7.12. The van der Waals surface area contributed by atoms with Gasteiger partial charge in [0.05, 0.1) is 5.41 Å². The summed E-state index contributed by atoms with van der Waals surface area (Å²) in [7, 11) is 0. The van der Waals surface area contributed by atoms with Crippen molar-refractivity contribution >= 4 is 5.97 Å². The number of rotatable bonds is 1. The van der Waals surface area contributed by atoms with E-state index in [1.54, 1.807) is 0 Å². The molecule has 66 valence electrons. The summed E-state index contributed by atoms with van der Waals surface area (Å²) >= 11 is 0. The number of hydrogen-bond donors (Lipinski definition) is 1. The average Bonchev–Trinajstić information content (AvgIpc) is 2.57. The summed E-state index contributed by atoms with van der Waals surface area (Å²) in [6.45, 7) is 0. The Hall–Kier alpha value is -0.530. The largest absolute Gasteiger partial charge is 0.481 e. The van der Waals surface area contributed by atoms with Gasteiger partial charge in [0.2, 0.25) is 0 Å². The topological polar surface area (TPSA) is 37.3 Å². The van der Waals surface area contributed by atoms with Gasteiger partial charge in [-0.3, -0.25) is 4.79 Å². The van der Waals surface area contributed by atoms with Crippen LogP contribution in [-0.2, 0) is 4.79 Å². The quantitative estimate of drug-likeness (QED) is 0.646. The zero-order valence-corrected chi connectivity index (χ0v) is 7.12. The van der Waals surface area contributed by atoms with E-state index in [9.17, 15) is 4.79 Å². The van der Waals surface area contributed by atoms with Gasteiger partial charge in [0.25, 0.3) is 0 Å². The third-order valence-electron chi connectivity index (χ3n) is 4.44. The maximum atomic E-state index is 11.1. The van der Waals surface area contributed by atoms with E-state index in [0.29, 0.717) is 11.8 Å². The van der Waals surface area contributed by atoms with Gasteiger partial charge >= 0.3 is 5.97 Å². The molecule has 2 nitrogen and oxygen atoms in total. The van der Waals surface area contributed by atoms with Crippen molar-refractivity contribution in [2.75, 3.05) is 0 Å². The van der Waals surface area contributed by atoms with Gasteiger partial charge in [-0.15, -0.1) is 0 Å². The number of carbonyl (C=O) groups is 1. The van der Waals surface area contributed by atoms with Crippen molar-refractivity contribution in [2.45, 2.75) is 32.1 Å². The molecule has 4 rings (SSSR count). The number of hydrogen-bond acceptors (Lipinski definition) is 1. The van der Waals surface area contributed by atoms with E-state index in [1.165, 1.54) is 25.7 Å². The van der Waals surface area contributed by atoms with Crippen molar-refractivity contribution < 1.29 is 9.90 Å². The lowest BCUT2D eigenvalue weighted by Crippen LogP contribution is -2.17. The first-order valence-electron chi connectivity index (χ1n) is 4.98. The van der Waals surface area contributed by atoms with Gasteiger partial charge in [-0.1, -0.05) is 12.8 Å². The minimum Gasteiger partial charge on any atom is -0.481 e. The minimum atomic E-state index is -0.498. The smallest absolute Gasteiger partial charge is 0.310 e. The van der Waals surface area contributed by atoms with Crippen molar-refractivity contribution in [1.29, 1.82) is 0 Å². The fraction of sp³-hybridized carbons (Fsp3) is 0.900. The fourth-order valence-corrected chi connectivity index (χ4v) is 3.91. The van der Waals surface area contributed by atoms with Crippen LogP contribution < -0.4 is 0 Å². The van der Waals surface area contributed by atoms with Crippen molar-refractivity contribution in [2.24, 2.45) is 23.2 Å². The molecule has 0 radical (unpaired) electrons. The molecule has 2 heteroatoms. The molecule has 12 heavy (non-hydrogen) atoms. The summed E-state index contributed by atoms with van der Waals surface area (Å²) in [5.74, 6) is 1.39. The first kappa shape index (κ1) is 6.93. The zero-order chi connectivity index (χ0) is 8.34. The molecule has 4 atom stereocenters. The van der Waals surface area contributed by atoms with Crippen LogP contribution in [0.4, 0.5) is 0 Å². The first-order valence-corrected chi connectivity index (χ1v) is 4.98. The van der Waals surface area contributed by atoms with E-state index < -0.39 is 5.97 Å². The highest BCUT2D eigenvalue weighted by Gasteiger charge is 2.73.